The minimum Gasteiger partial charge on any atom is -0.496 e. The Labute approximate surface area is 128 Å². The molecule has 0 amide bonds. The molecule has 0 aromatic heterocycles. The molecule has 4 atom stereocenters. The van der Waals surface area contributed by atoms with Gasteiger partial charge in [0, 0.05) is 11.6 Å². The van der Waals surface area contributed by atoms with Crippen molar-refractivity contribution in [3.05, 3.63) is 29.8 Å². The quantitative estimate of drug-likeness (QED) is 0.859. The summed E-state index contributed by atoms with van der Waals surface area (Å²) >= 11 is 0. The second-order valence-corrected chi connectivity index (χ2v) is 6.26. The van der Waals surface area contributed by atoms with Crippen molar-refractivity contribution in [2.24, 2.45) is 11.7 Å². The molecule has 3 nitrogen and oxygen atoms in total. The van der Waals surface area contributed by atoms with Gasteiger partial charge in [-0.3, -0.25) is 0 Å². The van der Waals surface area contributed by atoms with E-state index in [9.17, 15) is 0 Å². The smallest absolute Gasteiger partial charge is 0.124 e. The van der Waals surface area contributed by atoms with Crippen LogP contribution in [0, 0.1) is 5.92 Å². The van der Waals surface area contributed by atoms with Crippen LogP contribution in [0.5, 0.6) is 5.75 Å². The normalized spacial score (nSPS) is 25.3. The van der Waals surface area contributed by atoms with Crippen molar-refractivity contribution in [1.29, 1.82) is 0 Å². The molecule has 1 aliphatic rings. The average Bonchev–Trinajstić information content (AvgIpc) is 2.52. The lowest BCUT2D eigenvalue weighted by molar-refractivity contribution is -0.0525. The fourth-order valence-corrected chi connectivity index (χ4v) is 3.23. The van der Waals surface area contributed by atoms with Crippen LogP contribution in [0.1, 0.15) is 57.6 Å². The highest BCUT2D eigenvalue weighted by molar-refractivity contribution is 5.36. The second-order valence-electron chi connectivity index (χ2n) is 6.26. The van der Waals surface area contributed by atoms with Crippen LogP contribution < -0.4 is 10.5 Å². The highest BCUT2D eigenvalue weighted by Gasteiger charge is 2.28. The van der Waals surface area contributed by atoms with Crippen LogP contribution >= 0.6 is 0 Å². The third kappa shape index (κ3) is 4.21. The Kier molecular flexibility index (Phi) is 6.07. The number of nitrogens with two attached hydrogens (primary N) is 1. The molecule has 0 radical (unpaired) electrons. The molecule has 0 bridgehead atoms. The molecule has 1 aliphatic carbocycles. The van der Waals surface area contributed by atoms with E-state index in [-0.39, 0.29) is 12.1 Å². The molecule has 0 aliphatic heterocycles. The third-order valence-electron chi connectivity index (χ3n) is 4.53. The van der Waals surface area contributed by atoms with E-state index in [0.29, 0.717) is 6.10 Å². The summed E-state index contributed by atoms with van der Waals surface area (Å²) in [6.07, 6.45) is 5.99. The molecule has 1 aromatic carbocycles. The summed E-state index contributed by atoms with van der Waals surface area (Å²) in [5, 5.41) is 0. The third-order valence-corrected chi connectivity index (χ3v) is 4.53. The van der Waals surface area contributed by atoms with Gasteiger partial charge in [-0.25, -0.2) is 0 Å². The van der Waals surface area contributed by atoms with Gasteiger partial charge in [-0.2, -0.15) is 0 Å². The summed E-state index contributed by atoms with van der Waals surface area (Å²) in [5.41, 5.74) is 7.42. The summed E-state index contributed by atoms with van der Waals surface area (Å²) in [6, 6.07) is 8.07. The summed E-state index contributed by atoms with van der Waals surface area (Å²) in [4.78, 5) is 0. The summed E-state index contributed by atoms with van der Waals surface area (Å²) in [7, 11) is 1.70. The topological polar surface area (TPSA) is 44.5 Å². The summed E-state index contributed by atoms with van der Waals surface area (Å²) < 4.78 is 11.9. The first-order valence-electron chi connectivity index (χ1n) is 8.19. The molecule has 0 saturated heterocycles. The Morgan fingerprint density at radius 2 is 2.05 bits per heavy atom. The van der Waals surface area contributed by atoms with Crippen LogP contribution in [-0.2, 0) is 4.74 Å². The first kappa shape index (κ1) is 16.3. The number of benzene rings is 1. The molecule has 0 spiro atoms. The Morgan fingerprint density at radius 3 is 2.71 bits per heavy atom. The van der Waals surface area contributed by atoms with Crippen LogP contribution in [0.15, 0.2) is 24.3 Å². The number of hydrogen-bond donors (Lipinski definition) is 1. The Bertz CT molecular complexity index is 435. The van der Waals surface area contributed by atoms with E-state index in [1.165, 1.54) is 12.8 Å². The van der Waals surface area contributed by atoms with E-state index in [0.717, 1.165) is 36.5 Å². The Balaban J connectivity index is 2.18. The molecular formula is C18H29NO2. The van der Waals surface area contributed by atoms with Crippen molar-refractivity contribution in [2.45, 2.75) is 64.2 Å². The van der Waals surface area contributed by atoms with Gasteiger partial charge < -0.3 is 15.2 Å². The van der Waals surface area contributed by atoms with Gasteiger partial charge in [0.05, 0.1) is 13.2 Å². The second kappa shape index (κ2) is 7.81. The zero-order valence-corrected chi connectivity index (χ0v) is 13.5. The van der Waals surface area contributed by atoms with E-state index in [4.69, 9.17) is 15.2 Å². The van der Waals surface area contributed by atoms with Gasteiger partial charge in [0.25, 0.3) is 0 Å². The van der Waals surface area contributed by atoms with Gasteiger partial charge in [0.15, 0.2) is 0 Å². The van der Waals surface area contributed by atoms with Crippen LogP contribution in [0.3, 0.4) is 0 Å². The molecular weight excluding hydrogens is 262 g/mol. The van der Waals surface area contributed by atoms with E-state index < -0.39 is 0 Å². The predicted octanol–water partition coefficient (Wildman–Crippen LogP) is 4.07. The van der Waals surface area contributed by atoms with Crippen LogP contribution in [0.4, 0.5) is 0 Å². The molecule has 0 heterocycles. The molecule has 4 unspecified atom stereocenters. The minimum absolute atomic E-state index is 0.00136. The van der Waals surface area contributed by atoms with Gasteiger partial charge in [-0.1, -0.05) is 44.9 Å². The molecule has 2 rings (SSSR count). The Hall–Kier alpha value is -1.06. The number of methoxy groups -OCH3 is 1. The number of para-hydroxylation sites is 1. The van der Waals surface area contributed by atoms with Gasteiger partial charge >= 0.3 is 0 Å². The van der Waals surface area contributed by atoms with Crippen LogP contribution in [0.2, 0.25) is 0 Å². The van der Waals surface area contributed by atoms with E-state index in [2.05, 4.69) is 19.9 Å². The Morgan fingerprint density at radius 1 is 1.29 bits per heavy atom. The van der Waals surface area contributed by atoms with Crippen LogP contribution in [-0.4, -0.2) is 19.3 Å². The first-order valence-corrected chi connectivity index (χ1v) is 8.19. The fourth-order valence-electron chi connectivity index (χ4n) is 3.23. The highest BCUT2D eigenvalue weighted by Crippen LogP contribution is 2.35. The lowest BCUT2D eigenvalue weighted by atomic mass is 9.88. The molecule has 1 saturated carbocycles. The zero-order valence-electron chi connectivity index (χ0n) is 13.5. The van der Waals surface area contributed by atoms with E-state index >= 15 is 0 Å². The minimum atomic E-state index is -0.0820. The molecule has 118 valence electrons. The highest BCUT2D eigenvalue weighted by atomic mass is 16.5. The summed E-state index contributed by atoms with van der Waals surface area (Å²) in [5.74, 6) is 1.62. The molecule has 1 fully saturated rings. The van der Waals surface area contributed by atoms with Gasteiger partial charge in [0.1, 0.15) is 11.9 Å². The van der Waals surface area contributed by atoms with Gasteiger partial charge in [-0.05, 0) is 31.2 Å². The number of ether oxygens (including phenoxy) is 2. The fraction of sp³-hybridized carbons (Fsp3) is 0.667. The maximum absolute atomic E-state index is 6.44. The SMILES string of the molecule is CCC(N)C(OC1CCCC(C)C1)c1ccccc1OC. The molecule has 21 heavy (non-hydrogen) atoms. The lowest BCUT2D eigenvalue weighted by Crippen LogP contribution is -2.34. The average molecular weight is 291 g/mol. The number of hydrogen-bond acceptors (Lipinski definition) is 3. The molecule has 1 aromatic rings. The largest absolute Gasteiger partial charge is 0.496 e. The standard InChI is InChI=1S/C18H29NO2/c1-4-16(19)18(15-10-5-6-11-17(15)20-3)21-14-9-7-8-13(2)12-14/h5-6,10-11,13-14,16,18H,4,7-9,12,19H2,1-3H3. The van der Waals surface area contributed by atoms with Crippen molar-refractivity contribution in [1.82, 2.24) is 0 Å². The van der Waals surface area contributed by atoms with E-state index in [1.807, 2.05) is 18.2 Å². The first-order chi connectivity index (χ1) is 10.2. The number of rotatable bonds is 6. The van der Waals surface area contributed by atoms with E-state index in [1.54, 1.807) is 7.11 Å². The van der Waals surface area contributed by atoms with Gasteiger partial charge in [-0.15, -0.1) is 0 Å². The van der Waals surface area contributed by atoms with Gasteiger partial charge in [0.2, 0.25) is 0 Å². The lowest BCUT2D eigenvalue weighted by Gasteiger charge is -2.33. The zero-order chi connectivity index (χ0) is 15.2. The van der Waals surface area contributed by atoms with Crippen molar-refractivity contribution >= 4 is 0 Å². The van der Waals surface area contributed by atoms with Crippen molar-refractivity contribution in [3.63, 3.8) is 0 Å². The maximum atomic E-state index is 6.44. The molecule has 3 heteroatoms. The van der Waals surface area contributed by atoms with Crippen molar-refractivity contribution in [2.75, 3.05) is 7.11 Å². The summed E-state index contributed by atoms with van der Waals surface area (Å²) in [6.45, 7) is 4.42. The monoisotopic (exact) mass is 291 g/mol. The predicted molar refractivity (Wildman–Crippen MR) is 86.5 cm³/mol. The molecule has 2 N–H and O–H groups in total. The van der Waals surface area contributed by atoms with Crippen molar-refractivity contribution < 1.29 is 9.47 Å². The van der Waals surface area contributed by atoms with Crippen LogP contribution in [0.25, 0.3) is 0 Å². The maximum Gasteiger partial charge on any atom is 0.124 e. The van der Waals surface area contributed by atoms with Crippen molar-refractivity contribution in [3.8, 4) is 5.75 Å².